The molecule has 0 aromatic heterocycles. The Bertz CT molecular complexity index is 492. The van der Waals surface area contributed by atoms with Gasteiger partial charge >= 0.3 is 6.09 Å². The van der Waals surface area contributed by atoms with Crippen molar-refractivity contribution in [1.82, 2.24) is 15.5 Å². The van der Waals surface area contributed by atoms with Gasteiger partial charge in [0.05, 0.1) is 6.61 Å². The van der Waals surface area contributed by atoms with Gasteiger partial charge in [0.25, 0.3) is 0 Å². The number of ether oxygens (including phenoxy) is 1. The largest absolute Gasteiger partial charge is 0.450 e. The molecule has 0 radical (unpaired) electrons. The predicted octanol–water partition coefficient (Wildman–Crippen LogP) is 0.782. The second kappa shape index (κ2) is 6.37. The van der Waals surface area contributed by atoms with Crippen LogP contribution in [0.5, 0.6) is 0 Å². The molecule has 0 aromatic rings. The van der Waals surface area contributed by atoms with Crippen LogP contribution in [0.4, 0.5) is 4.79 Å². The van der Waals surface area contributed by atoms with Crippen LogP contribution in [0.2, 0.25) is 0 Å². The summed E-state index contributed by atoms with van der Waals surface area (Å²) in [4.78, 5) is 38.0. The minimum atomic E-state index is -0.832. The Kier molecular flexibility index (Phi) is 4.46. The van der Waals surface area contributed by atoms with Crippen molar-refractivity contribution in [3.63, 3.8) is 0 Å². The highest BCUT2D eigenvalue weighted by Gasteiger charge is 2.57. The summed E-state index contributed by atoms with van der Waals surface area (Å²) in [5.74, 6) is -0.258. The first-order valence-corrected chi connectivity index (χ1v) is 8.59. The van der Waals surface area contributed by atoms with Crippen molar-refractivity contribution in [3.8, 4) is 0 Å². The molecular weight excluding hydrogens is 298 g/mol. The first-order valence-electron chi connectivity index (χ1n) is 8.59. The lowest BCUT2D eigenvalue weighted by Gasteiger charge is -2.32. The molecule has 3 aliphatic rings. The molecule has 7 nitrogen and oxygen atoms in total. The number of carbonyl (C=O) groups is 3. The first kappa shape index (κ1) is 16.1. The number of rotatable bonds is 5. The number of nitrogens with zero attached hydrogens (tertiary/aromatic N) is 1. The molecule has 2 saturated carbocycles. The Balaban J connectivity index is 1.46. The molecule has 3 rings (SSSR count). The van der Waals surface area contributed by atoms with Gasteiger partial charge in [-0.05, 0) is 45.4 Å². The predicted molar refractivity (Wildman–Crippen MR) is 82.6 cm³/mol. The van der Waals surface area contributed by atoms with Crippen molar-refractivity contribution in [2.45, 2.75) is 57.5 Å². The fourth-order valence-corrected chi connectivity index (χ4v) is 2.98. The maximum atomic E-state index is 12.5. The van der Waals surface area contributed by atoms with Gasteiger partial charge in [-0.3, -0.25) is 9.59 Å². The zero-order valence-electron chi connectivity index (χ0n) is 13.6. The summed E-state index contributed by atoms with van der Waals surface area (Å²) >= 11 is 0. The molecular formula is C16H25N3O4. The van der Waals surface area contributed by atoms with E-state index in [9.17, 15) is 14.4 Å². The molecule has 23 heavy (non-hydrogen) atoms. The van der Waals surface area contributed by atoms with Gasteiger partial charge in [-0.25, -0.2) is 4.79 Å². The van der Waals surface area contributed by atoms with Gasteiger partial charge < -0.3 is 20.3 Å². The summed E-state index contributed by atoms with van der Waals surface area (Å²) in [5, 5.41) is 5.95. The molecule has 0 unspecified atom stereocenters. The van der Waals surface area contributed by atoms with Crippen molar-refractivity contribution in [2.75, 3.05) is 19.7 Å². The minimum Gasteiger partial charge on any atom is -0.450 e. The third-order valence-corrected chi connectivity index (χ3v) is 4.89. The number of hydrogen-bond donors (Lipinski definition) is 2. The SMILES string of the molecule is CCOC(=O)N1CCC(NC(=O)C2(C(=O)NC3CC3)CC2)CC1. The van der Waals surface area contributed by atoms with Crippen LogP contribution in [0.3, 0.4) is 0 Å². The van der Waals surface area contributed by atoms with Crippen LogP contribution < -0.4 is 10.6 Å². The summed E-state index contributed by atoms with van der Waals surface area (Å²) < 4.78 is 4.98. The second-order valence-corrected chi connectivity index (χ2v) is 6.76. The average molecular weight is 323 g/mol. The quantitative estimate of drug-likeness (QED) is 0.732. The zero-order valence-corrected chi connectivity index (χ0v) is 13.6. The smallest absolute Gasteiger partial charge is 0.409 e. The van der Waals surface area contributed by atoms with E-state index in [4.69, 9.17) is 4.74 Å². The summed E-state index contributed by atoms with van der Waals surface area (Å²) in [5.41, 5.74) is -0.832. The van der Waals surface area contributed by atoms with Crippen molar-refractivity contribution in [1.29, 1.82) is 0 Å². The highest BCUT2D eigenvalue weighted by Crippen LogP contribution is 2.47. The monoisotopic (exact) mass is 323 g/mol. The Morgan fingerprint density at radius 1 is 1.00 bits per heavy atom. The molecule has 1 saturated heterocycles. The van der Waals surface area contributed by atoms with Crippen LogP contribution in [0.25, 0.3) is 0 Å². The van der Waals surface area contributed by atoms with E-state index in [0.29, 0.717) is 45.4 Å². The number of nitrogens with one attached hydrogen (secondary N) is 2. The standard InChI is InChI=1S/C16H25N3O4/c1-2-23-15(22)19-9-5-12(6-10-19)18-14(21)16(7-8-16)13(20)17-11-3-4-11/h11-12H,2-10H2,1H3,(H,17,20)(H,18,21). The van der Waals surface area contributed by atoms with Crippen LogP contribution in [0.15, 0.2) is 0 Å². The minimum absolute atomic E-state index is 0.0272. The summed E-state index contributed by atoms with van der Waals surface area (Å²) in [7, 11) is 0. The number of hydrogen-bond acceptors (Lipinski definition) is 4. The summed E-state index contributed by atoms with van der Waals surface area (Å²) in [6, 6.07) is 0.306. The Labute approximate surface area is 136 Å². The molecule has 2 aliphatic carbocycles. The lowest BCUT2D eigenvalue weighted by molar-refractivity contribution is -0.137. The lowest BCUT2D eigenvalue weighted by Crippen LogP contribution is -2.51. The zero-order chi connectivity index (χ0) is 16.4. The van der Waals surface area contributed by atoms with Gasteiger partial charge in [-0.1, -0.05) is 0 Å². The fourth-order valence-electron chi connectivity index (χ4n) is 2.98. The highest BCUT2D eigenvalue weighted by atomic mass is 16.6. The molecule has 128 valence electrons. The molecule has 3 fully saturated rings. The third kappa shape index (κ3) is 3.59. The molecule has 0 aromatic carbocycles. The number of piperidine rings is 1. The van der Waals surface area contributed by atoms with Crippen LogP contribution in [0, 0.1) is 5.41 Å². The molecule has 2 N–H and O–H groups in total. The van der Waals surface area contributed by atoms with Gasteiger partial charge in [0.1, 0.15) is 5.41 Å². The van der Waals surface area contributed by atoms with E-state index < -0.39 is 5.41 Å². The van der Waals surface area contributed by atoms with Crippen LogP contribution >= 0.6 is 0 Å². The Hall–Kier alpha value is -1.79. The lowest BCUT2D eigenvalue weighted by atomic mass is 10.0. The Morgan fingerprint density at radius 3 is 1.96 bits per heavy atom. The maximum absolute atomic E-state index is 12.5. The van der Waals surface area contributed by atoms with E-state index in [1.54, 1.807) is 11.8 Å². The number of likely N-dealkylation sites (tertiary alicyclic amines) is 1. The second-order valence-electron chi connectivity index (χ2n) is 6.76. The van der Waals surface area contributed by atoms with Gasteiger partial charge in [-0.15, -0.1) is 0 Å². The van der Waals surface area contributed by atoms with E-state index in [1.807, 2.05) is 0 Å². The molecule has 0 atom stereocenters. The van der Waals surface area contributed by atoms with Gasteiger partial charge in [0.2, 0.25) is 11.8 Å². The van der Waals surface area contributed by atoms with Gasteiger partial charge in [-0.2, -0.15) is 0 Å². The van der Waals surface area contributed by atoms with E-state index in [0.717, 1.165) is 12.8 Å². The van der Waals surface area contributed by atoms with Crippen LogP contribution in [0.1, 0.15) is 45.4 Å². The maximum Gasteiger partial charge on any atom is 0.409 e. The average Bonchev–Trinajstić information content (AvgIpc) is 3.42. The van der Waals surface area contributed by atoms with Crippen molar-refractivity contribution >= 4 is 17.9 Å². The van der Waals surface area contributed by atoms with Gasteiger partial charge in [0, 0.05) is 25.2 Å². The van der Waals surface area contributed by atoms with Crippen molar-refractivity contribution < 1.29 is 19.1 Å². The van der Waals surface area contributed by atoms with Crippen LogP contribution in [-0.4, -0.2) is 54.6 Å². The Morgan fingerprint density at radius 2 is 1.52 bits per heavy atom. The molecule has 0 spiro atoms. The summed E-state index contributed by atoms with van der Waals surface area (Å²) in [6.45, 7) is 3.30. The molecule has 1 heterocycles. The first-order chi connectivity index (χ1) is 11.0. The highest BCUT2D eigenvalue weighted by molar-refractivity contribution is 6.08. The molecule has 7 heteroatoms. The normalized spacial score (nSPS) is 23.1. The summed E-state index contributed by atoms with van der Waals surface area (Å²) in [6.07, 6.45) is 4.43. The van der Waals surface area contributed by atoms with E-state index in [2.05, 4.69) is 10.6 Å². The number of amides is 3. The van der Waals surface area contributed by atoms with E-state index in [-0.39, 0.29) is 30.0 Å². The third-order valence-electron chi connectivity index (χ3n) is 4.89. The van der Waals surface area contributed by atoms with Crippen LogP contribution in [-0.2, 0) is 14.3 Å². The van der Waals surface area contributed by atoms with E-state index in [1.165, 1.54) is 0 Å². The topological polar surface area (TPSA) is 87.7 Å². The fraction of sp³-hybridized carbons (Fsp3) is 0.812. The molecule has 1 aliphatic heterocycles. The van der Waals surface area contributed by atoms with Gasteiger partial charge in [0.15, 0.2) is 0 Å². The molecule has 3 amide bonds. The van der Waals surface area contributed by atoms with E-state index >= 15 is 0 Å². The van der Waals surface area contributed by atoms with Crippen molar-refractivity contribution in [2.24, 2.45) is 5.41 Å². The number of carbonyl (C=O) groups excluding carboxylic acids is 3. The molecule has 0 bridgehead atoms. The van der Waals surface area contributed by atoms with Crippen molar-refractivity contribution in [3.05, 3.63) is 0 Å².